The van der Waals surface area contributed by atoms with E-state index in [1.54, 1.807) is 0 Å². The predicted molar refractivity (Wildman–Crippen MR) is 55.0 cm³/mol. The maximum Gasteiger partial charge on any atom is 0.0643 e. The van der Waals surface area contributed by atoms with Crippen LogP contribution in [-0.4, -0.2) is 50.3 Å². The molecule has 0 amide bonds. The zero-order valence-corrected chi connectivity index (χ0v) is 9.05. The molecule has 0 aromatic rings. The van der Waals surface area contributed by atoms with Crippen molar-refractivity contribution in [3.05, 3.63) is 0 Å². The van der Waals surface area contributed by atoms with Crippen LogP contribution in [0.3, 0.4) is 0 Å². The van der Waals surface area contributed by atoms with Crippen molar-refractivity contribution in [3.63, 3.8) is 0 Å². The highest BCUT2D eigenvalue weighted by molar-refractivity contribution is 4.84. The molecule has 0 bridgehead atoms. The molecule has 2 aliphatic rings. The van der Waals surface area contributed by atoms with Gasteiger partial charge in [-0.2, -0.15) is 0 Å². The van der Waals surface area contributed by atoms with Gasteiger partial charge in [-0.15, -0.1) is 0 Å². The number of likely N-dealkylation sites (N-methyl/N-ethyl adjacent to an activating group) is 1. The van der Waals surface area contributed by atoms with Gasteiger partial charge in [-0.25, -0.2) is 0 Å². The Morgan fingerprint density at radius 2 is 1.92 bits per heavy atom. The van der Waals surface area contributed by atoms with Crippen LogP contribution in [0.2, 0.25) is 0 Å². The second-order valence-corrected chi connectivity index (χ2v) is 3.65. The minimum atomic E-state index is 0.645. The molecule has 2 saturated heterocycles. The summed E-state index contributed by atoms with van der Waals surface area (Å²) in [7, 11) is 2.18. The lowest BCUT2D eigenvalue weighted by Crippen LogP contribution is -2.50. The summed E-state index contributed by atoms with van der Waals surface area (Å²) in [4.78, 5) is 2.37. The molecule has 0 radical (unpaired) electrons. The number of nitrogens with zero attached hydrogens (tertiary/aromatic N) is 1. The van der Waals surface area contributed by atoms with Crippen molar-refractivity contribution in [2.45, 2.75) is 32.4 Å². The topological polar surface area (TPSA) is 24.5 Å². The van der Waals surface area contributed by atoms with Gasteiger partial charge in [0.2, 0.25) is 0 Å². The average Bonchev–Trinajstić information content (AvgIpc) is 2.48. The molecule has 0 saturated carbocycles. The van der Waals surface area contributed by atoms with Crippen LogP contribution in [0.15, 0.2) is 0 Å². The molecule has 2 aliphatic heterocycles. The summed E-state index contributed by atoms with van der Waals surface area (Å²) in [6, 6.07) is 1.36. The highest BCUT2D eigenvalue weighted by atomic mass is 16.5. The van der Waals surface area contributed by atoms with E-state index >= 15 is 0 Å². The molecule has 3 nitrogen and oxygen atoms in total. The minimum Gasteiger partial charge on any atom is -0.378 e. The highest BCUT2D eigenvalue weighted by Crippen LogP contribution is 2.09. The highest BCUT2D eigenvalue weighted by Gasteiger charge is 2.25. The summed E-state index contributed by atoms with van der Waals surface area (Å²) in [5, 5.41) is 3.58. The summed E-state index contributed by atoms with van der Waals surface area (Å²) in [5.41, 5.74) is 0. The number of ether oxygens (including phenoxy) is 1. The molecule has 1 N–H and O–H groups in total. The lowest BCUT2D eigenvalue weighted by molar-refractivity contribution is -0.00939. The maximum atomic E-state index is 5.10. The Hall–Kier alpha value is -0.120. The van der Waals surface area contributed by atoms with E-state index in [1.165, 1.54) is 19.5 Å². The molecule has 78 valence electrons. The van der Waals surface area contributed by atoms with Crippen molar-refractivity contribution in [1.29, 1.82) is 0 Å². The van der Waals surface area contributed by atoms with Gasteiger partial charge in [0, 0.05) is 12.6 Å². The molecule has 13 heavy (non-hydrogen) atoms. The predicted octanol–water partition coefficient (Wildman–Crippen LogP) is 0.705. The second kappa shape index (κ2) is 5.58. The third-order valence-electron chi connectivity index (χ3n) is 2.50. The monoisotopic (exact) mass is 186 g/mol. The average molecular weight is 186 g/mol. The van der Waals surface area contributed by atoms with Crippen LogP contribution in [0.1, 0.15) is 20.3 Å². The van der Waals surface area contributed by atoms with Gasteiger partial charge >= 0.3 is 0 Å². The number of nitrogens with one attached hydrogen (secondary N) is 1. The van der Waals surface area contributed by atoms with Crippen molar-refractivity contribution < 1.29 is 4.74 Å². The number of rotatable bonds is 2. The molecule has 1 atom stereocenters. The fourth-order valence-electron chi connectivity index (χ4n) is 1.74. The Labute approximate surface area is 81.4 Å². The molecule has 1 unspecified atom stereocenters. The maximum absolute atomic E-state index is 5.10. The fourth-order valence-corrected chi connectivity index (χ4v) is 1.74. The SMILES string of the molecule is CC.CN1CCC(NC2COC2)C1. The number of hydrogen-bond acceptors (Lipinski definition) is 3. The van der Waals surface area contributed by atoms with E-state index in [0.29, 0.717) is 12.1 Å². The molecule has 3 heteroatoms. The van der Waals surface area contributed by atoms with Gasteiger partial charge < -0.3 is 15.0 Å². The normalized spacial score (nSPS) is 29.3. The van der Waals surface area contributed by atoms with Gasteiger partial charge in [0.05, 0.1) is 19.3 Å². The van der Waals surface area contributed by atoms with Crippen LogP contribution in [0.4, 0.5) is 0 Å². The molecule has 0 aliphatic carbocycles. The van der Waals surface area contributed by atoms with Crippen LogP contribution in [0, 0.1) is 0 Å². The first-order valence-electron chi connectivity index (χ1n) is 5.37. The summed E-state index contributed by atoms with van der Waals surface area (Å²) in [5.74, 6) is 0. The second-order valence-electron chi connectivity index (χ2n) is 3.65. The molecule has 0 aromatic heterocycles. The van der Waals surface area contributed by atoms with E-state index in [0.717, 1.165) is 13.2 Å². The molecule has 2 rings (SSSR count). The van der Waals surface area contributed by atoms with Gasteiger partial charge in [0.1, 0.15) is 0 Å². The quantitative estimate of drug-likeness (QED) is 0.687. The van der Waals surface area contributed by atoms with Crippen molar-refractivity contribution in [1.82, 2.24) is 10.2 Å². The van der Waals surface area contributed by atoms with Gasteiger partial charge in [0.15, 0.2) is 0 Å². The van der Waals surface area contributed by atoms with E-state index < -0.39 is 0 Å². The zero-order valence-electron chi connectivity index (χ0n) is 9.05. The largest absolute Gasteiger partial charge is 0.378 e. The van der Waals surface area contributed by atoms with E-state index in [4.69, 9.17) is 4.74 Å². The molecule has 0 aromatic carbocycles. The van der Waals surface area contributed by atoms with Crippen LogP contribution in [0.25, 0.3) is 0 Å². The lowest BCUT2D eigenvalue weighted by atomic mass is 10.2. The zero-order chi connectivity index (χ0) is 9.68. The lowest BCUT2D eigenvalue weighted by Gasteiger charge is -2.29. The van der Waals surface area contributed by atoms with Gasteiger partial charge in [-0.3, -0.25) is 0 Å². The first kappa shape index (κ1) is 11.0. The molecular formula is C10H22N2O. The Morgan fingerprint density at radius 3 is 2.31 bits per heavy atom. The third kappa shape index (κ3) is 3.25. The molecular weight excluding hydrogens is 164 g/mol. The smallest absolute Gasteiger partial charge is 0.0643 e. The summed E-state index contributed by atoms with van der Waals surface area (Å²) < 4.78 is 5.10. The van der Waals surface area contributed by atoms with Crippen LogP contribution >= 0.6 is 0 Å². The summed E-state index contributed by atoms with van der Waals surface area (Å²) in [6.45, 7) is 8.28. The van der Waals surface area contributed by atoms with Crippen molar-refractivity contribution >= 4 is 0 Å². The molecule has 2 fully saturated rings. The number of hydrogen-bond donors (Lipinski definition) is 1. The molecule has 0 spiro atoms. The fraction of sp³-hybridized carbons (Fsp3) is 1.00. The van der Waals surface area contributed by atoms with E-state index in [2.05, 4.69) is 17.3 Å². The van der Waals surface area contributed by atoms with Crippen LogP contribution < -0.4 is 5.32 Å². The van der Waals surface area contributed by atoms with Crippen molar-refractivity contribution in [2.24, 2.45) is 0 Å². The number of likely N-dealkylation sites (tertiary alicyclic amines) is 1. The van der Waals surface area contributed by atoms with Crippen LogP contribution in [0.5, 0.6) is 0 Å². The van der Waals surface area contributed by atoms with E-state index in [1.807, 2.05) is 13.8 Å². The Morgan fingerprint density at radius 1 is 1.23 bits per heavy atom. The van der Waals surface area contributed by atoms with Crippen LogP contribution in [-0.2, 0) is 4.74 Å². The Balaban J connectivity index is 0.000000396. The third-order valence-corrected chi connectivity index (χ3v) is 2.50. The van der Waals surface area contributed by atoms with Gasteiger partial charge in [0.25, 0.3) is 0 Å². The Bertz CT molecular complexity index is 137. The standard InChI is InChI=1S/C8H16N2O.C2H6/c1-10-3-2-7(4-10)9-8-5-11-6-8;1-2/h7-9H,2-6H2,1H3;1-2H3. The van der Waals surface area contributed by atoms with Gasteiger partial charge in [-0.1, -0.05) is 13.8 Å². The van der Waals surface area contributed by atoms with E-state index in [-0.39, 0.29) is 0 Å². The minimum absolute atomic E-state index is 0.645. The summed E-state index contributed by atoms with van der Waals surface area (Å²) >= 11 is 0. The summed E-state index contributed by atoms with van der Waals surface area (Å²) in [6.07, 6.45) is 1.30. The van der Waals surface area contributed by atoms with Crippen molar-refractivity contribution in [3.8, 4) is 0 Å². The van der Waals surface area contributed by atoms with E-state index in [9.17, 15) is 0 Å². The Kier molecular flexibility index (Phi) is 4.70. The van der Waals surface area contributed by atoms with Crippen molar-refractivity contribution in [2.75, 3.05) is 33.4 Å². The first-order valence-corrected chi connectivity index (χ1v) is 5.37. The molecule has 2 heterocycles. The first-order chi connectivity index (χ1) is 6.34. The van der Waals surface area contributed by atoms with Gasteiger partial charge in [-0.05, 0) is 20.0 Å².